The van der Waals surface area contributed by atoms with Gasteiger partial charge in [0.2, 0.25) is 0 Å². The van der Waals surface area contributed by atoms with E-state index >= 15 is 0 Å². The predicted octanol–water partition coefficient (Wildman–Crippen LogP) is 4.06. The molecule has 0 aliphatic carbocycles. The summed E-state index contributed by atoms with van der Waals surface area (Å²) >= 11 is 6.12. The van der Waals surface area contributed by atoms with Crippen molar-refractivity contribution in [2.24, 2.45) is 10.4 Å². The van der Waals surface area contributed by atoms with E-state index in [-0.39, 0.29) is 11.3 Å². The average Bonchev–Trinajstić information content (AvgIpc) is 2.72. The first kappa shape index (κ1) is 19.0. The number of carbonyl (C=O) groups excluding carboxylic acids is 1. The van der Waals surface area contributed by atoms with E-state index in [2.05, 4.69) is 10.6 Å². The molecule has 0 radical (unpaired) electrons. The van der Waals surface area contributed by atoms with Crippen LogP contribution < -0.4 is 10.6 Å². The largest absolute Gasteiger partial charge is 0.381 e. The molecule has 0 aromatic heterocycles. The van der Waals surface area contributed by atoms with Crippen LogP contribution in [0.4, 0.5) is 5.69 Å². The first-order valence-corrected chi connectivity index (χ1v) is 9.97. The van der Waals surface area contributed by atoms with Gasteiger partial charge in [0.15, 0.2) is 0 Å². The number of aliphatic imine (C=N–C) groups is 1. The van der Waals surface area contributed by atoms with E-state index in [0.717, 1.165) is 52.5 Å². The quantitative estimate of drug-likeness (QED) is 0.820. The van der Waals surface area contributed by atoms with E-state index in [1.807, 2.05) is 42.5 Å². The van der Waals surface area contributed by atoms with Gasteiger partial charge in [-0.15, -0.1) is 0 Å². The number of amidine groups is 1. The molecule has 2 heterocycles. The lowest BCUT2D eigenvalue weighted by atomic mass is 9.71. The summed E-state index contributed by atoms with van der Waals surface area (Å²) in [4.78, 5) is 17.3. The number of benzene rings is 2. The van der Waals surface area contributed by atoms with Crippen LogP contribution in [0.5, 0.6) is 0 Å². The summed E-state index contributed by atoms with van der Waals surface area (Å²) in [6, 6.07) is 13.6. The smallest absolute Gasteiger partial charge is 0.251 e. The summed E-state index contributed by atoms with van der Waals surface area (Å²) in [5, 5.41) is 7.01. The van der Waals surface area contributed by atoms with Gasteiger partial charge in [0, 0.05) is 41.9 Å². The van der Waals surface area contributed by atoms with Gasteiger partial charge in [0.1, 0.15) is 5.84 Å². The van der Waals surface area contributed by atoms with Crippen LogP contribution in [0.1, 0.15) is 34.3 Å². The van der Waals surface area contributed by atoms with Crippen molar-refractivity contribution in [2.45, 2.75) is 25.8 Å². The fourth-order valence-electron chi connectivity index (χ4n) is 4.11. The Morgan fingerprint density at radius 1 is 1.25 bits per heavy atom. The molecule has 2 aromatic rings. The number of halogens is 1. The maximum absolute atomic E-state index is 12.4. The number of hydrogen-bond donors (Lipinski definition) is 2. The highest BCUT2D eigenvalue weighted by molar-refractivity contribution is 6.30. The Bertz CT molecular complexity index is 920. The van der Waals surface area contributed by atoms with Crippen LogP contribution in [0.15, 0.2) is 47.5 Å². The van der Waals surface area contributed by atoms with Crippen molar-refractivity contribution < 1.29 is 9.53 Å². The molecule has 2 aliphatic rings. The second-order valence-corrected chi connectivity index (χ2v) is 7.84. The summed E-state index contributed by atoms with van der Waals surface area (Å²) in [7, 11) is 1.67. The van der Waals surface area contributed by atoms with Gasteiger partial charge in [-0.2, -0.15) is 0 Å². The maximum Gasteiger partial charge on any atom is 0.251 e. The number of carbonyl (C=O) groups is 1. The van der Waals surface area contributed by atoms with Gasteiger partial charge in [0.25, 0.3) is 5.91 Å². The molecule has 146 valence electrons. The highest BCUT2D eigenvalue weighted by Crippen LogP contribution is 2.43. The minimum absolute atomic E-state index is 0.0554. The van der Waals surface area contributed by atoms with Crippen LogP contribution in [0.25, 0.3) is 0 Å². The molecule has 1 fully saturated rings. The Balaban J connectivity index is 1.72. The van der Waals surface area contributed by atoms with Crippen molar-refractivity contribution in [2.75, 3.05) is 25.6 Å². The fraction of sp³-hybridized carbons (Fsp3) is 0.364. The van der Waals surface area contributed by atoms with Gasteiger partial charge >= 0.3 is 0 Å². The number of rotatable bonds is 3. The van der Waals surface area contributed by atoms with E-state index in [4.69, 9.17) is 21.3 Å². The summed E-state index contributed by atoms with van der Waals surface area (Å²) in [6.07, 6.45) is 2.56. The molecule has 28 heavy (non-hydrogen) atoms. The SMILES string of the molecule is CNC(=O)c1cccc2c1CC1(CCOCC1)C(=NCc1cccc(Cl)c1)N2. The number of nitrogens with one attached hydrogen (secondary N) is 2. The Kier molecular flexibility index (Phi) is 5.38. The number of ether oxygens (including phenoxy) is 1. The molecule has 2 aliphatic heterocycles. The van der Waals surface area contributed by atoms with E-state index < -0.39 is 0 Å². The monoisotopic (exact) mass is 397 g/mol. The molecule has 0 atom stereocenters. The van der Waals surface area contributed by atoms with Crippen molar-refractivity contribution >= 4 is 29.0 Å². The summed E-state index contributed by atoms with van der Waals surface area (Å²) < 4.78 is 5.63. The van der Waals surface area contributed by atoms with Gasteiger partial charge in [-0.3, -0.25) is 9.79 Å². The topological polar surface area (TPSA) is 62.7 Å². The zero-order valence-electron chi connectivity index (χ0n) is 15.9. The molecule has 2 aromatic carbocycles. The molecule has 1 spiro atoms. The van der Waals surface area contributed by atoms with Crippen molar-refractivity contribution in [1.29, 1.82) is 0 Å². The second kappa shape index (κ2) is 7.94. The molecule has 1 amide bonds. The molecule has 4 rings (SSSR count). The molecule has 0 unspecified atom stereocenters. The Morgan fingerprint density at radius 3 is 2.79 bits per heavy atom. The number of amides is 1. The van der Waals surface area contributed by atoms with Gasteiger partial charge in [-0.05, 0) is 54.7 Å². The Hall–Kier alpha value is -2.37. The third-order valence-corrected chi connectivity index (χ3v) is 5.91. The molecular weight excluding hydrogens is 374 g/mol. The Morgan fingerprint density at radius 2 is 2.04 bits per heavy atom. The normalized spacial score (nSPS) is 19.1. The average molecular weight is 398 g/mol. The van der Waals surface area contributed by atoms with Gasteiger partial charge in [-0.25, -0.2) is 0 Å². The molecule has 2 N–H and O–H groups in total. The van der Waals surface area contributed by atoms with E-state index in [0.29, 0.717) is 19.8 Å². The number of fused-ring (bicyclic) bond motifs is 1. The first-order valence-electron chi connectivity index (χ1n) is 9.59. The molecule has 5 nitrogen and oxygen atoms in total. The molecule has 0 bridgehead atoms. The highest BCUT2D eigenvalue weighted by Gasteiger charge is 2.42. The molecule has 0 saturated carbocycles. The maximum atomic E-state index is 12.4. The lowest BCUT2D eigenvalue weighted by Gasteiger charge is -2.43. The minimum atomic E-state index is -0.131. The van der Waals surface area contributed by atoms with Gasteiger partial charge in [-0.1, -0.05) is 29.8 Å². The number of anilines is 1. The van der Waals surface area contributed by atoms with Crippen molar-refractivity contribution in [3.8, 4) is 0 Å². The lowest BCUT2D eigenvalue weighted by Crippen LogP contribution is -2.46. The van der Waals surface area contributed by atoms with Crippen LogP contribution in [0.2, 0.25) is 5.02 Å². The Labute approximate surface area is 170 Å². The van der Waals surface area contributed by atoms with Gasteiger partial charge < -0.3 is 15.4 Å². The van der Waals surface area contributed by atoms with Crippen LogP contribution >= 0.6 is 11.6 Å². The highest BCUT2D eigenvalue weighted by atomic mass is 35.5. The zero-order valence-corrected chi connectivity index (χ0v) is 16.7. The minimum Gasteiger partial charge on any atom is -0.381 e. The third-order valence-electron chi connectivity index (χ3n) is 5.68. The van der Waals surface area contributed by atoms with Crippen molar-refractivity contribution in [1.82, 2.24) is 5.32 Å². The summed E-state index contributed by atoms with van der Waals surface area (Å²) in [5.74, 6) is 0.928. The zero-order chi connectivity index (χ0) is 19.6. The standard InChI is InChI=1S/C22H24ClN3O2/c1-24-20(27)17-6-3-7-19-18(17)13-22(8-10-28-11-9-22)21(26-19)25-14-15-4-2-5-16(23)12-15/h2-7,12H,8-11,13-14H2,1H3,(H,24,27)(H,25,26). The van der Waals surface area contributed by atoms with Crippen LogP contribution in [-0.2, 0) is 17.7 Å². The van der Waals surface area contributed by atoms with Gasteiger partial charge in [0.05, 0.1) is 6.54 Å². The van der Waals surface area contributed by atoms with E-state index in [1.165, 1.54) is 0 Å². The van der Waals surface area contributed by atoms with Crippen LogP contribution in [0, 0.1) is 5.41 Å². The van der Waals surface area contributed by atoms with Crippen molar-refractivity contribution in [3.05, 3.63) is 64.2 Å². The van der Waals surface area contributed by atoms with Crippen molar-refractivity contribution in [3.63, 3.8) is 0 Å². The molecule has 1 saturated heterocycles. The lowest BCUT2D eigenvalue weighted by molar-refractivity contribution is 0.0448. The van der Waals surface area contributed by atoms with Crippen LogP contribution in [-0.4, -0.2) is 32.0 Å². The number of hydrogen-bond acceptors (Lipinski definition) is 3. The van der Waals surface area contributed by atoms with E-state index in [9.17, 15) is 4.79 Å². The third kappa shape index (κ3) is 3.64. The summed E-state index contributed by atoms with van der Waals surface area (Å²) in [6.45, 7) is 1.97. The van der Waals surface area contributed by atoms with E-state index in [1.54, 1.807) is 7.05 Å². The first-order chi connectivity index (χ1) is 13.6. The summed E-state index contributed by atoms with van der Waals surface area (Å²) in [5.41, 5.74) is 3.70. The molecular formula is C22H24ClN3O2. The van der Waals surface area contributed by atoms with Crippen LogP contribution in [0.3, 0.4) is 0 Å². The fourth-order valence-corrected chi connectivity index (χ4v) is 4.33. The number of nitrogens with zero attached hydrogens (tertiary/aromatic N) is 1. The second-order valence-electron chi connectivity index (χ2n) is 7.40. The molecule has 6 heteroatoms. The predicted molar refractivity (Wildman–Crippen MR) is 112 cm³/mol.